The molecular weight excluding hydrogens is 562 g/mol. The summed E-state index contributed by atoms with van der Waals surface area (Å²) in [6.07, 6.45) is 6.15. The first-order valence-corrected chi connectivity index (χ1v) is 15.6. The standard InChI is InChI=1S/C38H39N3O4/c1-6-20-41-32-16-15-27(24(2)42)22-31(32)39-34(41)28-9-7-8-10-29(28)35(43)40-21-18-33-37(3,4)30(17-19-38(33,5)23-40)25-11-13-26(14-12-25)36(44)45/h7-18,22H,6,19-21,23H2,1-5H3,(H,44,45)/t38-/m1/s1. The lowest BCUT2D eigenvalue weighted by Gasteiger charge is -2.50. The number of benzene rings is 3. The Labute approximate surface area is 263 Å². The molecule has 45 heavy (non-hydrogen) atoms. The molecule has 3 aromatic carbocycles. The summed E-state index contributed by atoms with van der Waals surface area (Å²) in [5.41, 5.74) is 6.96. The van der Waals surface area contributed by atoms with Gasteiger partial charge in [0.15, 0.2) is 5.78 Å². The summed E-state index contributed by atoms with van der Waals surface area (Å²) in [7, 11) is 0. The Morgan fingerprint density at radius 1 is 0.933 bits per heavy atom. The van der Waals surface area contributed by atoms with E-state index in [0.29, 0.717) is 24.2 Å². The summed E-state index contributed by atoms with van der Waals surface area (Å²) in [5, 5.41) is 9.34. The third kappa shape index (κ3) is 5.20. The Morgan fingerprint density at radius 3 is 2.33 bits per heavy atom. The summed E-state index contributed by atoms with van der Waals surface area (Å²) in [6, 6.07) is 20.4. The lowest BCUT2D eigenvalue weighted by molar-refractivity contribution is 0.0679. The molecule has 7 heteroatoms. The van der Waals surface area contributed by atoms with Gasteiger partial charge in [-0.05, 0) is 67.3 Å². The van der Waals surface area contributed by atoms with E-state index in [1.54, 1.807) is 19.1 Å². The Kier molecular flexibility index (Phi) is 7.59. The van der Waals surface area contributed by atoms with Crippen molar-refractivity contribution >= 4 is 34.3 Å². The number of carboxylic acids is 1. The van der Waals surface area contributed by atoms with Crippen LogP contribution in [0.25, 0.3) is 28.0 Å². The number of carboxylic acid groups (broad SMARTS) is 1. The molecule has 0 saturated heterocycles. The molecule has 6 rings (SSSR count). The van der Waals surface area contributed by atoms with E-state index < -0.39 is 5.97 Å². The summed E-state index contributed by atoms with van der Waals surface area (Å²) in [6.45, 7) is 12.2. The highest BCUT2D eigenvalue weighted by Gasteiger charge is 2.46. The SMILES string of the molecule is CCCn1c(-c2ccccc2C(=O)N2CC=C3C(C)(C)C(c4ccc(C(=O)O)cc4)=CC[C@]3(C)C2)nc2cc(C(C)=O)ccc21. The van der Waals surface area contributed by atoms with E-state index in [1.807, 2.05) is 59.5 Å². The minimum atomic E-state index is -0.933. The highest BCUT2D eigenvalue weighted by Crippen LogP contribution is 2.55. The number of aromatic carboxylic acids is 1. The van der Waals surface area contributed by atoms with Gasteiger partial charge in [-0.15, -0.1) is 0 Å². The maximum atomic E-state index is 14.3. The van der Waals surface area contributed by atoms with Gasteiger partial charge in [-0.3, -0.25) is 9.59 Å². The van der Waals surface area contributed by atoms with Gasteiger partial charge in [-0.2, -0.15) is 0 Å². The molecule has 0 bridgehead atoms. The van der Waals surface area contributed by atoms with Crippen molar-refractivity contribution in [3.63, 3.8) is 0 Å². The number of aryl methyl sites for hydroxylation is 1. The number of ketones is 1. The Bertz CT molecular complexity index is 1910. The van der Waals surface area contributed by atoms with E-state index >= 15 is 0 Å². The Balaban J connectivity index is 1.33. The third-order valence-corrected chi connectivity index (χ3v) is 9.54. The second kappa shape index (κ2) is 11.3. The lowest BCUT2D eigenvalue weighted by Crippen LogP contribution is -2.48. The van der Waals surface area contributed by atoms with Crippen molar-refractivity contribution < 1.29 is 19.5 Å². The number of fused-ring (bicyclic) bond motifs is 2. The fraction of sp³-hybridized carbons (Fsp3) is 0.316. The van der Waals surface area contributed by atoms with Crippen LogP contribution in [0.3, 0.4) is 0 Å². The van der Waals surface area contributed by atoms with Gasteiger partial charge in [0.25, 0.3) is 5.91 Å². The molecular formula is C38H39N3O4. The monoisotopic (exact) mass is 601 g/mol. The minimum absolute atomic E-state index is 0.00552. The molecule has 1 atom stereocenters. The first-order chi connectivity index (χ1) is 21.4. The zero-order valence-electron chi connectivity index (χ0n) is 26.6. The first kappa shape index (κ1) is 30.3. The molecule has 2 aliphatic rings. The van der Waals surface area contributed by atoms with Crippen LogP contribution in [0.5, 0.6) is 0 Å². The van der Waals surface area contributed by atoms with E-state index in [0.717, 1.165) is 47.4 Å². The molecule has 0 fully saturated rings. The summed E-state index contributed by atoms with van der Waals surface area (Å²) in [4.78, 5) is 44.7. The maximum Gasteiger partial charge on any atom is 0.335 e. The molecule has 1 amide bonds. The van der Waals surface area contributed by atoms with Crippen LogP contribution >= 0.6 is 0 Å². The average Bonchev–Trinajstić information content (AvgIpc) is 3.38. The molecule has 0 saturated carbocycles. The molecule has 1 aliphatic heterocycles. The van der Waals surface area contributed by atoms with Crippen molar-refractivity contribution in [1.82, 2.24) is 14.5 Å². The second-order valence-electron chi connectivity index (χ2n) is 13.1. The first-order valence-electron chi connectivity index (χ1n) is 15.6. The predicted octanol–water partition coefficient (Wildman–Crippen LogP) is 7.92. The van der Waals surface area contributed by atoms with Crippen molar-refractivity contribution in [2.45, 2.75) is 54.0 Å². The third-order valence-electron chi connectivity index (χ3n) is 9.54. The number of rotatable bonds is 7. The fourth-order valence-corrected chi connectivity index (χ4v) is 7.40. The highest BCUT2D eigenvalue weighted by atomic mass is 16.4. The van der Waals surface area contributed by atoms with Gasteiger partial charge in [-0.25, -0.2) is 9.78 Å². The van der Waals surface area contributed by atoms with Crippen molar-refractivity contribution in [3.8, 4) is 11.4 Å². The lowest BCUT2D eigenvalue weighted by atomic mass is 9.58. The molecule has 0 radical (unpaired) electrons. The predicted molar refractivity (Wildman–Crippen MR) is 177 cm³/mol. The van der Waals surface area contributed by atoms with E-state index in [4.69, 9.17) is 4.98 Å². The van der Waals surface area contributed by atoms with Gasteiger partial charge in [0, 0.05) is 41.6 Å². The number of allylic oxidation sites excluding steroid dienone is 2. The van der Waals surface area contributed by atoms with Gasteiger partial charge in [0.05, 0.1) is 22.2 Å². The van der Waals surface area contributed by atoms with Gasteiger partial charge in [-0.1, -0.05) is 75.8 Å². The van der Waals surface area contributed by atoms with E-state index in [2.05, 4.69) is 44.4 Å². The van der Waals surface area contributed by atoms with Crippen molar-refractivity contribution in [1.29, 1.82) is 0 Å². The molecule has 0 spiro atoms. The van der Waals surface area contributed by atoms with Gasteiger partial charge in [0.1, 0.15) is 5.82 Å². The maximum absolute atomic E-state index is 14.3. The normalized spacial score (nSPS) is 19.1. The number of nitrogens with zero attached hydrogens (tertiary/aromatic N) is 3. The number of imidazole rings is 1. The van der Waals surface area contributed by atoms with Crippen LogP contribution in [0.2, 0.25) is 0 Å². The number of amides is 1. The van der Waals surface area contributed by atoms with Gasteiger partial charge >= 0.3 is 5.97 Å². The molecule has 1 N–H and O–H groups in total. The van der Waals surface area contributed by atoms with E-state index in [-0.39, 0.29) is 28.1 Å². The minimum Gasteiger partial charge on any atom is -0.478 e. The van der Waals surface area contributed by atoms with Crippen LogP contribution in [-0.2, 0) is 6.54 Å². The van der Waals surface area contributed by atoms with Crippen LogP contribution in [-0.4, -0.2) is 50.3 Å². The largest absolute Gasteiger partial charge is 0.478 e. The molecule has 1 aromatic heterocycles. The fourth-order valence-electron chi connectivity index (χ4n) is 7.40. The van der Waals surface area contributed by atoms with Crippen molar-refractivity contribution in [3.05, 3.63) is 107 Å². The Morgan fingerprint density at radius 2 is 1.64 bits per heavy atom. The second-order valence-corrected chi connectivity index (χ2v) is 13.1. The molecule has 1 aliphatic carbocycles. The highest BCUT2D eigenvalue weighted by molar-refractivity contribution is 6.02. The number of carbonyl (C=O) groups is 3. The van der Waals surface area contributed by atoms with E-state index in [1.165, 1.54) is 11.1 Å². The number of hydrogen-bond donors (Lipinski definition) is 1. The van der Waals surface area contributed by atoms with Crippen LogP contribution < -0.4 is 0 Å². The zero-order chi connectivity index (χ0) is 32.1. The van der Waals surface area contributed by atoms with Crippen LogP contribution in [0.15, 0.2) is 84.5 Å². The number of hydrogen-bond acceptors (Lipinski definition) is 4. The Hall–Kier alpha value is -4.78. The summed E-state index contributed by atoms with van der Waals surface area (Å²) >= 11 is 0. The molecule has 7 nitrogen and oxygen atoms in total. The van der Waals surface area contributed by atoms with Crippen LogP contribution in [0.4, 0.5) is 0 Å². The topological polar surface area (TPSA) is 92.5 Å². The quantitative estimate of drug-likeness (QED) is 0.172. The smallest absolute Gasteiger partial charge is 0.335 e. The number of Topliss-reactive ketones (excluding diaryl/α,β-unsaturated/α-hetero) is 1. The zero-order valence-corrected chi connectivity index (χ0v) is 26.6. The van der Waals surface area contributed by atoms with E-state index in [9.17, 15) is 19.5 Å². The molecule has 230 valence electrons. The van der Waals surface area contributed by atoms with Crippen LogP contribution in [0.1, 0.15) is 84.1 Å². The summed E-state index contributed by atoms with van der Waals surface area (Å²) in [5.74, 6) is -0.235. The van der Waals surface area contributed by atoms with Crippen molar-refractivity contribution in [2.75, 3.05) is 13.1 Å². The number of carbonyl (C=O) groups excluding carboxylic acids is 2. The molecule has 0 unspecified atom stereocenters. The van der Waals surface area contributed by atoms with Crippen molar-refractivity contribution in [2.24, 2.45) is 10.8 Å². The summed E-state index contributed by atoms with van der Waals surface area (Å²) < 4.78 is 2.15. The van der Waals surface area contributed by atoms with Gasteiger partial charge in [0.2, 0.25) is 0 Å². The van der Waals surface area contributed by atoms with Gasteiger partial charge < -0.3 is 14.6 Å². The van der Waals surface area contributed by atoms with Crippen LogP contribution in [0, 0.1) is 10.8 Å². The molecule has 2 heterocycles. The number of aromatic nitrogens is 2. The average molecular weight is 602 g/mol. The molecule has 4 aromatic rings.